The van der Waals surface area contributed by atoms with Crippen LogP contribution < -0.4 is 4.31 Å². The van der Waals surface area contributed by atoms with Gasteiger partial charge in [-0.25, -0.2) is 8.42 Å². The van der Waals surface area contributed by atoms with Crippen LogP contribution in [0.25, 0.3) is 0 Å². The number of nitro benzene ring substituents is 1. The number of nitrogens with zero attached hydrogens (tertiary/aromatic N) is 3. The van der Waals surface area contributed by atoms with Crippen LogP contribution in [0.15, 0.2) is 53.4 Å². The van der Waals surface area contributed by atoms with Gasteiger partial charge in [0.2, 0.25) is 5.91 Å². The molecule has 1 amide bonds. The van der Waals surface area contributed by atoms with E-state index in [1.165, 1.54) is 18.2 Å². The summed E-state index contributed by atoms with van der Waals surface area (Å²) in [6.07, 6.45) is 0.935. The Balaban J connectivity index is 2.00. The molecule has 0 aromatic heterocycles. The van der Waals surface area contributed by atoms with Crippen LogP contribution in [0.1, 0.15) is 31.7 Å². The molecule has 1 unspecified atom stereocenters. The summed E-state index contributed by atoms with van der Waals surface area (Å²) in [5.74, 6) is -0.0471. The number of anilines is 1. The molecule has 1 fully saturated rings. The second-order valence-corrected chi connectivity index (χ2v) is 9.52. The van der Waals surface area contributed by atoms with Gasteiger partial charge in [-0.2, -0.15) is 0 Å². The zero-order chi connectivity index (χ0) is 23.3. The highest BCUT2D eigenvalue weighted by Gasteiger charge is 2.30. The Morgan fingerprint density at radius 3 is 2.44 bits per heavy atom. The first-order valence-corrected chi connectivity index (χ1v) is 11.9. The summed E-state index contributed by atoms with van der Waals surface area (Å²) in [5, 5.41) is 11.2. The molecule has 1 heterocycles. The molecule has 0 N–H and O–H groups in total. The predicted octanol–water partition coefficient (Wildman–Crippen LogP) is 3.16. The second kappa shape index (κ2) is 10.1. The molecule has 0 aliphatic carbocycles. The average molecular weight is 462 g/mol. The van der Waals surface area contributed by atoms with Crippen LogP contribution in [0.2, 0.25) is 0 Å². The maximum absolute atomic E-state index is 13.5. The highest BCUT2D eigenvalue weighted by molar-refractivity contribution is 7.92. The smallest absolute Gasteiger partial charge is 0.270 e. The quantitative estimate of drug-likeness (QED) is 0.441. The van der Waals surface area contributed by atoms with Crippen molar-refractivity contribution >= 4 is 27.3 Å². The van der Waals surface area contributed by atoms with Crippen LogP contribution in [-0.4, -0.2) is 57.0 Å². The second-order valence-electron chi connectivity index (χ2n) is 7.66. The van der Waals surface area contributed by atoms with Crippen LogP contribution in [0.5, 0.6) is 0 Å². The van der Waals surface area contributed by atoms with E-state index >= 15 is 0 Å². The van der Waals surface area contributed by atoms with E-state index in [9.17, 15) is 23.3 Å². The standard InChI is InChI=1S/C22H27N3O6S/c1-3-17(2)18-7-9-19(10-8-18)24(16-22(26)23-11-13-31-14-12-23)32(29,30)21-6-4-5-20(15-21)25(27)28/h4-10,15,17H,3,11-14,16H2,1-2H3. The minimum Gasteiger partial charge on any atom is -0.378 e. The van der Waals surface area contributed by atoms with E-state index < -0.39 is 21.5 Å². The topological polar surface area (TPSA) is 110 Å². The van der Waals surface area contributed by atoms with Crippen molar-refractivity contribution in [2.24, 2.45) is 0 Å². The number of nitro groups is 1. The molecule has 3 rings (SSSR count). The predicted molar refractivity (Wildman–Crippen MR) is 120 cm³/mol. The fourth-order valence-corrected chi connectivity index (χ4v) is 4.89. The lowest BCUT2D eigenvalue weighted by Gasteiger charge is -2.30. The molecule has 2 aromatic carbocycles. The molecule has 0 saturated carbocycles. The molecule has 1 aliphatic rings. The Kier molecular flexibility index (Phi) is 7.47. The lowest BCUT2D eigenvalue weighted by atomic mass is 9.99. The Bertz CT molecular complexity index is 1070. The summed E-state index contributed by atoms with van der Waals surface area (Å²) in [7, 11) is -4.23. The third-order valence-corrected chi connectivity index (χ3v) is 7.39. The highest BCUT2D eigenvalue weighted by atomic mass is 32.2. The van der Waals surface area contributed by atoms with E-state index in [1.807, 2.05) is 12.1 Å². The lowest BCUT2D eigenvalue weighted by Crippen LogP contribution is -2.47. The number of hydrogen-bond acceptors (Lipinski definition) is 6. The number of carbonyl (C=O) groups is 1. The molecule has 9 nitrogen and oxygen atoms in total. The number of non-ortho nitro benzene ring substituents is 1. The number of ether oxygens (including phenoxy) is 1. The first-order chi connectivity index (χ1) is 15.2. The third-order valence-electron chi connectivity index (χ3n) is 5.62. The monoisotopic (exact) mass is 461 g/mol. The van der Waals surface area contributed by atoms with Gasteiger partial charge < -0.3 is 9.64 Å². The maximum atomic E-state index is 13.5. The maximum Gasteiger partial charge on any atom is 0.270 e. The van der Waals surface area contributed by atoms with Crippen molar-refractivity contribution in [3.8, 4) is 0 Å². The van der Waals surface area contributed by atoms with Crippen molar-refractivity contribution in [3.05, 3.63) is 64.2 Å². The molecular formula is C22H27N3O6S. The van der Waals surface area contributed by atoms with E-state index in [4.69, 9.17) is 4.74 Å². The van der Waals surface area contributed by atoms with Gasteiger partial charge in [-0.15, -0.1) is 0 Å². The van der Waals surface area contributed by atoms with Crippen molar-refractivity contribution < 1.29 is 22.9 Å². The van der Waals surface area contributed by atoms with Crippen molar-refractivity contribution in [3.63, 3.8) is 0 Å². The molecule has 0 bridgehead atoms. The highest BCUT2D eigenvalue weighted by Crippen LogP contribution is 2.28. The molecular weight excluding hydrogens is 434 g/mol. The normalized spacial score (nSPS) is 15.2. The fourth-order valence-electron chi connectivity index (χ4n) is 3.44. The van der Waals surface area contributed by atoms with E-state index in [-0.39, 0.29) is 16.5 Å². The Labute approximate surface area is 187 Å². The first-order valence-electron chi connectivity index (χ1n) is 10.5. The molecule has 0 radical (unpaired) electrons. The lowest BCUT2D eigenvalue weighted by molar-refractivity contribution is -0.385. The molecule has 1 saturated heterocycles. The van der Waals surface area contributed by atoms with Gasteiger partial charge in [0.15, 0.2) is 0 Å². The summed E-state index contributed by atoms with van der Waals surface area (Å²) in [6, 6.07) is 11.9. The fraction of sp³-hybridized carbons (Fsp3) is 0.409. The largest absolute Gasteiger partial charge is 0.378 e. The van der Waals surface area contributed by atoms with Gasteiger partial charge in [0, 0.05) is 25.2 Å². The summed E-state index contributed by atoms with van der Waals surface area (Å²) in [4.78, 5) is 24.7. The summed E-state index contributed by atoms with van der Waals surface area (Å²) in [6.45, 7) is 5.30. The van der Waals surface area contributed by atoms with Gasteiger partial charge >= 0.3 is 0 Å². The van der Waals surface area contributed by atoms with Gasteiger partial charge in [0.25, 0.3) is 15.7 Å². The summed E-state index contributed by atoms with van der Waals surface area (Å²) < 4.78 is 33.3. The summed E-state index contributed by atoms with van der Waals surface area (Å²) >= 11 is 0. The van der Waals surface area contributed by atoms with E-state index in [1.54, 1.807) is 17.0 Å². The summed E-state index contributed by atoms with van der Waals surface area (Å²) in [5.41, 5.74) is 1.05. The SMILES string of the molecule is CCC(C)c1ccc(N(CC(=O)N2CCOCC2)S(=O)(=O)c2cccc([N+](=O)[O-])c2)cc1. The number of rotatable bonds is 8. The Morgan fingerprint density at radius 1 is 1.19 bits per heavy atom. The van der Waals surface area contributed by atoms with Gasteiger partial charge in [0.05, 0.1) is 28.7 Å². The van der Waals surface area contributed by atoms with Gasteiger partial charge in [-0.05, 0) is 36.1 Å². The minimum atomic E-state index is -4.23. The Hall–Kier alpha value is -2.98. The van der Waals surface area contributed by atoms with E-state index in [0.29, 0.717) is 37.9 Å². The van der Waals surface area contributed by atoms with Crippen molar-refractivity contribution in [2.45, 2.75) is 31.1 Å². The number of morpholine rings is 1. The van der Waals surface area contributed by atoms with E-state index in [0.717, 1.165) is 22.4 Å². The molecule has 1 atom stereocenters. The zero-order valence-electron chi connectivity index (χ0n) is 18.1. The van der Waals surface area contributed by atoms with Crippen molar-refractivity contribution in [1.82, 2.24) is 4.90 Å². The molecule has 10 heteroatoms. The third kappa shape index (κ3) is 5.25. The van der Waals surface area contributed by atoms with Gasteiger partial charge in [-0.1, -0.05) is 32.0 Å². The van der Waals surface area contributed by atoms with Crippen molar-refractivity contribution in [2.75, 3.05) is 37.2 Å². The first kappa shape index (κ1) is 23.7. The zero-order valence-corrected chi connectivity index (χ0v) is 19.0. The van der Waals surface area contributed by atoms with Crippen LogP contribution in [0.3, 0.4) is 0 Å². The molecule has 0 spiro atoms. The van der Waals surface area contributed by atoms with Gasteiger partial charge in [0.1, 0.15) is 6.54 Å². The molecule has 1 aliphatic heterocycles. The van der Waals surface area contributed by atoms with Crippen LogP contribution in [0.4, 0.5) is 11.4 Å². The minimum absolute atomic E-state index is 0.243. The number of hydrogen-bond donors (Lipinski definition) is 0. The Morgan fingerprint density at radius 2 is 1.84 bits per heavy atom. The molecule has 172 valence electrons. The van der Waals surface area contributed by atoms with Crippen LogP contribution in [0, 0.1) is 10.1 Å². The van der Waals surface area contributed by atoms with Gasteiger partial charge in [-0.3, -0.25) is 19.2 Å². The number of sulfonamides is 1. The number of amides is 1. The molecule has 2 aromatic rings. The average Bonchev–Trinajstić information content (AvgIpc) is 2.82. The van der Waals surface area contributed by atoms with E-state index in [2.05, 4.69) is 13.8 Å². The number of benzene rings is 2. The molecule has 32 heavy (non-hydrogen) atoms. The number of carbonyl (C=O) groups excluding carboxylic acids is 1. The van der Waals surface area contributed by atoms with Crippen molar-refractivity contribution in [1.29, 1.82) is 0 Å². The van der Waals surface area contributed by atoms with Crippen LogP contribution >= 0.6 is 0 Å². The van der Waals surface area contributed by atoms with Crippen LogP contribution in [-0.2, 0) is 19.6 Å².